The topological polar surface area (TPSA) is 115 Å². The molecule has 1 aliphatic carbocycles. The molecule has 8 nitrogen and oxygen atoms in total. The van der Waals surface area contributed by atoms with Gasteiger partial charge in [-0.15, -0.1) is 0 Å². The van der Waals surface area contributed by atoms with Gasteiger partial charge in [-0.05, 0) is 32.1 Å². The molecule has 0 radical (unpaired) electrons. The summed E-state index contributed by atoms with van der Waals surface area (Å²) in [6.45, 7) is 3.50. The van der Waals surface area contributed by atoms with Crippen LogP contribution in [0.15, 0.2) is 18.6 Å². The zero-order valence-corrected chi connectivity index (χ0v) is 16.3. The second-order valence-electron chi connectivity index (χ2n) is 6.91. The molecule has 0 unspecified atom stereocenters. The molecule has 2 aromatic heterocycles. The Hall–Kier alpha value is -2.42. The van der Waals surface area contributed by atoms with Crippen LogP contribution in [0.25, 0.3) is 0 Å². The summed E-state index contributed by atoms with van der Waals surface area (Å²) < 4.78 is 1.89. The van der Waals surface area contributed by atoms with Crippen molar-refractivity contribution < 1.29 is 9.59 Å². The lowest BCUT2D eigenvalue weighted by atomic mass is 9.85. The Kier molecular flexibility index (Phi) is 6.44. The maximum absolute atomic E-state index is 12.4. The lowest BCUT2D eigenvalue weighted by molar-refractivity contribution is -0.126. The van der Waals surface area contributed by atoms with Crippen molar-refractivity contribution in [1.29, 1.82) is 0 Å². The van der Waals surface area contributed by atoms with Crippen molar-refractivity contribution in [3.8, 4) is 0 Å². The predicted octanol–water partition coefficient (Wildman–Crippen LogP) is 1.94. The molecule has 3 rings (SSSR count). The number of aryl methyl sites for hydroxylation is 1. The second-order valence-corrected chi connectivity index (χ2v) is 7.98. The van der Waals surface area contributed by atoms with E-state index in [4.69, 9.17) is 5.73 Å². The minimum Gasteiger partial charge on any atom is -0.375 e. The van der Waals surface area contributed by atoms with Crippen LogP contribution >= 0.6 is 11.3 Å². The van der Waals surface area contributed by atoms with Crippen molar-refractivity contribution in [3.05, 3.63) is 29.0 Å². The van der Waals surface area contributed by atoms with E-state index in [9.17, 15) is 9.59 Å². The molecule has 0 spiro atoms. The lowest BCUT2D eigenvalue weighted by Gasteiger charge is -2.28. The van der Waals surface area contributed by atoms with E-state index in [1.54, 1.807) is 6.20 Å². The fourth-order valence-electron chi connectivity index (χ4n) is 3.33. The first-order chi connectivity index (χ1) is 13.0. The summed E-state index contributed by atoms with van der Waals surface area (Å²) in [6, 6.07) is 0.0946. The Balaban J connectivity index is 1.40. The SMILES string of the molecule is CCCn1cc(CNC(=O)C2CCC(NC(=O)c3cnc(N)s3)CC2)cn1. The van der Waals surface area contributed by atoms with Gasteiger partial charge in [-0.2, -0.15) is 5.10 Å². The number of rotatable bonds is 7. The van der Waals surface area contributed by atoms with Crippen molar-refractivity contribution in [1.82, 2.24) is 25.4 Å². The molecule has 0 bridgehead atoms. The van der Waals surface area contributed by atoms with Gasteiger partial charge >= 0.3 is 0 Å². The third-order valence-electron chi connectivity index (χ3n) is 4.79. The number of anilines is 1. The monoisotopic (exact) mass is 390 g/mol. The number of carbonyl (C=O) groups excluding carboxylic acids is 2. The fraction of sp³-hybridized carbons (Fsp3) is 0.556. The molecule has 1 fully saturated rings. The number of amides is 2. The first-order valence-corrected chi connectivity index (χ1v) is 10.2. The van der Waals surface area contributed by atoms with Crippen LogP contribution in [0.1, 0.15) is 54.3 Å². The Morgan fingerprint density at radius 3 is 2.74 bits per heavy atom. The van der Waals surface area contributed by atoms with Crippen LogP contribution in [0.5, 0.6) is 0 Å². The zero-order valence-electron chi connectivity index (χ0n) is 15.5. The molecule has 0 aromatic carbocycles. The third-order valence-corrected chi connectivity index (χ3v) is 5.61. The summed E-state index contributed by atoms with van der Waals surface area (Å²) in [5, 5.41) is 10.7. The highest BCUT2D eigenvalue weighted by Gasteiger charge is 2.27. The van der Waals surface area contributed by atoms with Crippen LogP contribution in [-0.4, -0.2) is 32.6 Å². The number of nitrogens with zero attached hydrogens (tertiary/aromatic N) is 3. The first-order valence-electron chi connectivity index (χ1n) is 9.36. The number of carbonyl (C=O) groups is 2. The maximum Gasteiger partial charge on any atom is 0.263 e. The average molecular weight is 391 g/mol. The molecule has 2 aromatic rings. The normalized spacial score (nSPS) is 19.6. The smallest absolute Gasteiger partial charge is 0.263 e. The number of nitrogens with one attached hydrogen (secondary N) is 2. The third kappa shape index (κ3) is 5.29. The molecule has 2 amide bonds. The standard InChI is InChI=1S/C18H26N6O2S/c1-2-7-24-11-12(9-22-24)8-20-16(25)13-3-5-14(6-4-13)23-17(26)15-10-21-18(19)27-15/h9-11,13-14H,2-8H2,1H3,(H2,19,21)(H,20,25)(H,23,26). The summed E-state index contributed by atoms with van der Waals surface area (Å²) in [5.74, 6) is -0.0534. The molecule has 0 atom stereocenters. The molecule has 1 saturated carbocycles. The first kappa shape index (κ1) is 19.3. The molecular weight excluding hydrogens is 364 g/mol. The summed E-state index contributed by atoms with van der Waals surface area (Å²) in [7, 11) is 0. The van der Waals surface area contributed by atoms with Gasteiger partial charge in [-0.1, -0.05) is 18.3 Å². The van der Waals surface area contributed by atoms with Crippen LogP contribution in [0.3, 0.4) is 0 Å². The Morgan fingerprint density at radius 1 is 1.30 bits per heavy atom. The largest absolute Gasteiger partial charge is 0.375 e. The number of hydrogen-bond donors (Lipinski definition) is 3. The van der Waals surface area contributed by atoms with Crippen LogP contribution in [0.4, 0.5) is 5.13 Å². The van der Waals surface area contributed by atoms with Gasteiger partial charge in [0.2, 0.25) is 5.91 Å². The predicted molar refractivity (Wildman–Crippen MR) is 104 cm³/mol. The minimum atomic E-state index is -0.138. The average Bonchev–Trinajstić information content (AvgIpc) is 3.29. The lowest BCUT2D eigenvalue weighted by Crippen LogP contribution is -2.40. The second kappa shape index (κ2) is 8.98. The molecule has 1 aliphatic rings. The Labute approximate surface area is 162 Å². The van der Waals surface area contributed by atoms with Crippen LogP contribution in [0.2, 0.25) is 0 Å². The molecule has 0 aliphatic heterocycles. The van der Waals surface area contributed by atoms with E-state index in [-0.39, 0.29) is 23.8 Å². The van der Waals surface area contributed by atoms with Crippen LogP contribution in [0, 0.1) is 5.92 Å². The van der Waals surface area contributed by atoms with Gasteiger partial charge in [-0.3, -0.25) is 14.3 Å². The van der Waals surface area contributed by atoms with Gasteiger partial charge in [0, 0.05) is 36.8 Å². The highest BCUT2D eigenvalue weighted by molar-refractivity contribution is 7.17. The number of hydrogen-bond acceptors (Lipinski definition) is 6. The maximum atomic E-state index is 12.4. The van der Waals surface area contributed by atoms with E-state index in [1.807, 2.05) is 10.9 Å². The molecule has 146 valence electrons. The summed E-state index contributed by atoms with van der Waals surface area (Å²) in [4.78, 5) is 29.0. The van der Waals surface area contributed by atoms with E-state index in [0.29, 0.717) is 16.6 Å². The van der Waals surface area contributed by atoms with Crippen LogP contribution < -0.4 is 16.4 Å². The number of aromatic nitrogens is 3. The highest BCUT2D eigenvalue weighted by atomic mass is 32.1. The van der Waals surface area contributed by atoms with Crippen molar-refractivity contribution in [3.63, 3.8) is 0 Å². The molecule has 2 heterocycles. The van der Waals surface area contributed by atoms with E-state index in [0.717, 1.165) is 44.2 Å². The van der Waals surface area contributed by atoms with Gasteiger partial charge in [-0.25, -0.2) is 4.98 Å². The van der Waals surface area contributed by atoms with Crippen molar-refractivity contribution in [2.75, 3.05) is 5.73 Å². The van der Waals surface area contributed by atoms with Crippen molar-refractivity contribution in [2.45, 2.75) is 58.2 Å². The van der Waals surface area contributed by atoms with Crippen LogP contribution in [-0.2, 0) is 17.9 Å². The molecule has 4 N–H and O–H groups in total. The van der Waals surface area contributed by atoms with E-state index >= 15 is 0 Å². The molecule has 0 saturated heterocycles. The number of nitrogen functional groups attached to an aromatic ring is 1. The summed E-state index contributed by atoms with van der Waals surface area (Å²) in [5.41, 5.74) is 6.58. The summed E-state index contributed by atoms with van der Waals surface area (Å²) in [6.07, 6.45) is 9.45. The van der Waals surface area contributed by atoms with Gasteiger partial charge < -0.3 is 16.4 Å². The molecular formula is C18H26N6O2S. The molecule has 27 heavy (non-hydrogen) atoms. The van der Waals surface area contributed by atoms with Gasteiger partial charge in [0.15, 0.2) is 5.13 Å². The number of thiazole rings is 1. The van der Waals surface area contributed by atoms with E-state index < -0.39 is 0 Å². The Bertz CT molecular complexity index is 778. The highest BCUT2D eigenvalue weighted by Crippen LogP contribution is 2.25. The summed E-state index contributed by atoms with van der Waals surface area (Å²) >= 11 is 1.18. The number of nitrogens with two attached hydrogens (primary N) is 1. The van der Waals surface area contributed by atoms with Crippen molar-refractivity contribution in [2.24, 2.45) is 5.92 Å². The van der Waals surface area contributed by atoms with E-state index in [2.05, 4.69) is 27.6 Å². The van der Waals surface area contributed by atoms with Gasteiger partial charge in [0.05, 0.1) is 12.4 Å². The van der Waals surface area contributed by atoms with E-state index in [1.165, 1.54) is 17.5 Å². The minimum absolute atomic E-state index is 0.00267. The van der Waals surface area contributed by atoms with Gasteiger partial charge in [0.25, 0.3) is 5.91 Å². The quantitative estimate of drug-likeness (QED) is 0.668. The Morgan fingerprint density at radius 2 is 2.07 bits per heavy atom. The zero-order chi connectivity index (χ0) is 19.2. The van der Waals surface area contributed by atoms with Gasteiger partial charge in [0.1, 0.15) is 4.88 Å². The fourth-order valence-corrected chi connectivity index (χ4v) is 3.92. The van der Waals surface area contributed by atoms with Crippen molar-refractivity contribution >= 4 is 28.3 Å². The molecule has 9 heteroatoms.